The average molecular weight is 130 g/mol. The van der Waals surface area contributed by atoms with Gasteiger partial charge in [0.2, 0.25) is 0 Å². The van der Waals surface area contributed by atoms with Gasteiger partial charge in [-0.05, 0) is 6.92 Å². The van der Waals surface area contributed by atoms with Gasteiger partial charge in [0.05, 0.1) is 21.7 Å². The molecule has 0 heterocycles. The Kier molecular flexibility index (Phi) is 4.76. The van der Waals surface area contributed by atoms with Gasteiger partial charge in [-0.25, -0.2) is 0 Å². The lowest BCUT2D eigenvalue weighted by Gasteiger charge is -1.92. The van der Waals surface area contributed by atoms with Crippen molar-refractivity contribution in [2.24, 2.45) is 0 Å². The lowest BCUT2D eigenvalue weighted by Crippen LogP contribution is -1.92. The molecule has 2 heteroatoms. The van der Waals surface area contributed by atoms with Gasteiger partial charge in [-0.2, -0.15) is 0 Å². The van der Waals surface area contributed by atoms with Crippen molar-refractivity contribution in [1.29, 1.82) is 0 Å². The van der Waals surface area contributed by atoms with Crippen molar-refractivity contribution in [2.45, 2.75) is 20.0 Å². The summed E-state index contributed by atoms with van der Waals surface area (Å²) in [5.74, 6) is 0. The minimum atomic E-state index is -0.508. The zero-order valence-corrected chi connectivity index (χ0v) is 7.00. The average Bonchev–Trinajstić information content (AvgIpc) is 1.66. The first-order valence-electron chi connectivity index (χ1n) is 3.05. The van der Waals surface area contributed by atoms with Crippen molar-refractivity contribution < 1.29 is 4.74 Å². The molecule has 0 saturated carbocycles. The molecule has 48 valence electrons. The Labute approximate surface area is 53.0 Å². The molecule has 0 aromatic carbocycles. The standard InChI is InChI=1S/C6H14OSi/c1-4-7-5-6-8(2)3/h5-6,8H,4H2,1-3H3/b6-5+. The Hall–Kier alpha value is -0.243. The zero-order chi connectivity index (χ0) is 6.41. The van der Waals surface area contributed by atoms with E-state index in [0.717, 1.165) is 6.61 Å². The first-order chi connectivity index (χ1) is 3.77. The smallest absolute Gasteiger partial charge is 0.0844 e. The molecule has 0 aliphatic carbocycles. The van der Waals surface area contributed by atoms with Crippen molar-refractivity contribution in [2.75, 3.05) is 6.61 Å². The van der Waals surface area contributed by atoms with E-state index in [2.05, 4.69) is 18.8 Å². The Morgan fingerprint density at radius 2 is 2.12 bits per heavy atom. The van der Waals surface area contributed by atoms with Crippen LogP contribution in [0.1, 0.15) is 6.92 Å². The van der Waals surface area contributed by atoms with Gasteiger partial charge in [0, 0.05) is 0 Å². The summed E-state index contributed by atoms with van der Waals surface area (Å²) < 4.78 is 5.00. The van der Waals surface area contributed by atoms with Crippen LogP contribution in [0, 0.1) is 0 Å². The number of hydrogen-bond donors (Lipinski definition) is 0. The topological polar surface area (TPSA) is 9.23 Å². The maximum Gasteiger partial charge on any atom is 0.0844 e. The molecule has 0 aliphatic rings. The molecule has 0 bridgehead atoms. The predicted molar refractivity (Wildman–Crippen MR) is 39.6 cm³/mol. The van der Waals surface area contributed by atoms with Gasteiger partial charge in [0.25, 0.3) is 0 Å². The third kappa shape index (κ3) is 5.76. The highest BCUT2D eigenvalue weighted by molar-refractivity contribution is 6.61. The summed E-state index contributed by atoms with van der Waals surface area (Å²) in [4.78, 5) is 0. The lowest BCUT2D eigenvalue weighted by atomic mass is 10.9. The first-order valence-corrected chi connectivity index (χ1v) is 6.03. The Morgan fingerprint density at radius 3 is 2.50 bits per heavy atom. The number of ether oxygens (including phenoxy) is 1. The molecule has 0 spiro atoms. The molecule has 0 aliphatic heterocycles. The van der Waals surface area contributed by atoms with Crippen molar-refractivity contribution in [3.8, 4) is 0 Å². The second-order valence-electron chi connectivity index (χ2n) is 2.03. The maximum absolute atomic E-state index is 5.00. The van der Waals surface area contributed by atoms with Crippen molar-refractivity contribution in [1.82, 2.24) is 0 Å². The fourth-order valence-corrected chi connectivity index (χ4v) is 0.734. The largest absolute Gasteiger partial charge is 0.502 e. The summed E-state index contributed by atoms with van der Waals surface area (Å²) in [6.45, 7) is 7.30. The van der Waals surface area contributed by atoms with Crippen molar-refractivity contribution in [3.05, 3.63) is 12.0 Å². The third-order valence-electron chi connectivity index (χ3n) is 0.726. The van der Waals surface area contributed by atoms with E-state index in [1.165, 1.54) is 0 Å². The fraction of sp³-hybridized carbons (Fsp3) is 0.667. The van der Waals surface area contributed by atoms with E-state index in [9.17, 15) is 0 Å². The van der Waals surface area contributed by atoms with Crippen LogP contribution < -0.4 is 0 Å². The molecule has 0 aromatic heterocycles. The van der Waals surface area contributed by atoms with Crippen LogP contribution >= 0.6 is 0 Å². The molecule has 0 saturated heterocycles. The maximum atomic E-state index is 5.00. The molecule has 0 N–H and O–H groups in total. The van der Waals surface area contributed by atoms with Crippen molar-refractivity contribution in [3.63, 3.8) is 0 Å². The molecule has 1 nitrogen and oxygen atoms in total. The van der Waals surface area contributed by atoms with E-state index in [1.807, 2.05) is 13.2 Å². The van der Waals surface area contributed by atoms with Gasteiger partial charge in [-0.3, -0.25) is 0 Å². The Bertz CT molecular complexity index is 68.9. The molecule has 8 heavy (non-hydrogen) atoms. The van der Waals surface area contributed by atoms with Crippen LogP contribution in [0.4, 0.5) is 0 Å². The van der Waals surface area contributed by atoms with Gasteiger partial charge in [0.1, 0.15) is 0 Å². The molecule has 0 amide bonds. The molecular weight excluding hydrogens is 116 g/mol. The monoisotopic (exact) mass is 130 g/mol. The van der Waals surface area contributed by atoms with Gasteiger partial charge in [-0.1, -0.05) is 18.8 Å². The van der Waals surface area contributed by atoms with Crippen LogP contribution in [0.2, 0.25) is 13.1 Å². The van der Waals surface area contributed by atoms with E-state index in [0.29, 0.717) is 0 Å². The molecule has 0 atom stereocenters. The Balaban J connectivity index is 3.07. The SMILES string of the molecule is CCO/C=C/[SiH](C)C. The second kappa shape index (κ2) is 4.90. The van der Waals surface area contributed by atoms with Gasteiger partial charge >= 0.3 is 0 Å². The predicted octanol–water partition coefficient (Wildman–Crippen LogP) is 1.56. The summed E-state index contributed by atoms with van der Waals surface area (Å²) in [5.41, 5.74) is 2.17. The second-order valence-corrected chi connectivity index (χ2v) is 4.90. The van der Waals surface area contributed by atoms with Crippen LogP contribution in [-0.4, -0.2) is 15.4 Å². The molecule has 0 rings (SSSR count). The van der Waals surface area contributed by atoms with E-state index in [-0.39, 0.29) is 0 Å². The normalized spacial score (nSPS) is 11.0. The van der Waals surface area contributed by atoms with Gasteiger partial charge in [0.15, 0.2) is 0 Å². The van der Waals surface area contributed by atoms with E-state index in [4.69, 9.17) is 4.74 Å². The van der Waals surface area contributed by atoms with Crippen LogP contribution in [0.25, 0.3) is 0 Å². The lowest BCUT2D eigenvalue weighted by molar-refractivity contribution is 0.270. The quantitative estimate of drug-likeness (QED) is 0.416. The highest BCUT2D eigenvalue weighted by Crippen LogP contribution is 1.82. The minimum Gasteiger partial charge on any atom is -0.502 e. The molecule has 0 fully saturated rings. The summed E-state index contributed by atoms with van der Waals surface area (Å²) in [6, 6.07) is 0. The van der Waals surface area contributed by atoms with Crippen LogP contribution in [0.15, 0.2) is 12.0 Å². The molecule has 0 unspecified atom stereocenters. The van der Waals surface area contributed by atoms with Crippen LogP contribution in [0.3, 0.4) is 0 Å². The molecule has 0 aromatic rings. The van der Waals surface area contributed by atoms with Crippen molar-refractivity contribution >= 4 is 8.80 Å². The highest BCUT2D eigenvalue weighted by atomic mass is 28.3. The van der Waals surface area contributed by atoms with Gasteiger partial charge in [-0.15, -0.1) is 0 Å². The van der Waals surface area contributed by atoms with Crippen LogP contribution in [0.5, 0.6) is 0 Å². The summed E-state index contributed by atoms with van der Waals surface area (Å²) in [7, 11) is -0.508. The first kappa shape index (κ1) is 7.76. The van der Waals surface area contributed by atoms with E-state index < -0.39 is 8.80 Å². The third-order valence-corrected chi connectivity index (χ3v) is 1.65. The van der Waals surface area contributed by atoms with Crippen LogP contribution in [-0.2, 0) is 4.74 Å². The van der Waals surface area contributed by atoms with E-state index >= 15 is 0 Å². The molecular formula is C6H14OSi. The minimum absolute atomic E-state index is 0.508. The fourth-order valence-electron chi connectivity index (χ4n) is 0.309. The number of hydrogen-bond acceptors (Lipinski definition) is 1. The summed E-state index contributed by atoms with van der Waals surface area (Å²) in [6.07, 6.45) is 1.82. The van der Waals surface area contributed by atoms with E-state index in [1.54, 1.807) is 0 Å². The molecule has 0 radical (unpaired) electrons. The zero-order valence-electron chi connectivity index (χ0n) is 5.85. The highest BCUT2D eigenvalue weighted by Gasteiger charge is 1.82. The van der Waals surface area contributed by atoms with Gasteiger partial charge < -0.3 is 4.74 Å². The Morgan fingerprint density at radius 1 is 1.50 bits per heavy atom. The number of rotatable bonds is 3. The summed E-state index contributed by atoms with van der Waals surface area (Å²) >= 11 is 0. The summed E-state index contributed by atoms with van der Waals surface area (Å²) in [5, 5.41) is 0.